The van der Waals surface area contributed by atoms with Gasteiger partial charge in [-0.25, -0.2) is 0 Å². The first kappa shape index (κ1) is 17.6. The number of thiophene rings is 1. The van der Waals surface area contributed by atoms with E-state index in [1.54, 1.807) is 44.8 Å². The fourth-order valence-corrected chi connectivity index (χ4v) is 4.18. The molecule has 2 heterocycles. The molecule has 0 radical (unpaired) electrons. The number of hydrogen-bond donors (Lipinski definition) is 0. The molecule has 1 aliphatic heterocycles. The lowest BCUT2D eigenvalue weighted by atomic mass is 9.95. The largest absolute Gasteiger partial charge is 0.493 e. The number of piperidine rings is 1. The van der Waals surface area contributed by atoms with E-state index >= 15 is 0 Å². The average molecular weight is 361 g/mol. The third-order valence-electron chi connectivity index (χ3n) is 4.64. The molecule has 0 saturated carbocycles. The van der Waals surface area contributed by atoms with Gasteiger partial charge >= 0.3 is 0 Å². The van der Waals surface area contributed by atoms with E-state index in [1.165, 1.54) is 4.88 Å². The van der Waals surface area contributed by atoms with Crippen molar-refractivity contribution in [2.24, 2.45) is 0 Å². The molecule has 5 nitrogen and oxygen atoms in total. The minimum Gasteiger partial charge on any atom is -0.493 e. The van der Waals surface area contributed by atoms with Gasteiger partial charge in [0.2, 0.25) is 5.75 Å². The van der Waals surface area contributed by atoms with Gasteiger partial charge in [0.15, 0.2) is 11.5 Å². The molecule has 3 rings (SSSR count). The van der Waals surface area contributed by atoms with Crippen LogP contribution in [0.25, 0.3) is 0 Å². The van der Waals surface area contributed by atoms with Crippen LogP contribution in [0.4, 0.5) is 0 Å². The van der Waals surface area contributed by atoms with Gasteiger partial charge in [-0.05, 0) is 42.3 Å². The Morgan fingerprint density at radius 2 is 1.72 bits per heavy atom. The zero-order valence-corrected chi connectivity index (χ0v) is 15.6. The zero-order valence-electron chi connectivity index (χ0n) is 14.8. The summed E-state index contributed by atoms with van der Waals surface area (Å²) in [6.45, 7) is 1.52. The van der Waals surface area contributed by atoms with Crippen LogP contribution >= 0.6 is 11.3 Å². The highest BCUT2D eigenvalue weighted by Crippen LogP contribution is 2.39. The Morgan fingerprint density at radius 3 is 2.20 bits per heavy atom. The minimum absolute atomic E-state index is 0.00360. The summed E-state index contributed by atoms with van der Waals surface area (Å²) in [5, 5.41) is 2.11. The first-order valence-electron chi connectivity index (χ1n) is 8.30. The van der Waals surface area contributed by atoms with Crippen LogP contribution in [0, 0.1) is 0 Å². The molecule has 0 N–H and O–H groups in total. The minimum atomic E-state index is 0.00360. The third kappa shape index (κ3) is 3.58. The van der Waals surface area contributed by atoms with E-state index in [1.807, 2.05) is 4.90 Å². The lowest BCUT2D eigenvalue weighted by Gasteiger charge is -2.32. The molecule has 0 unspecified atom stereocenters. The maximum atomic E-state index is 12.9. The number of hydrogen-bond acceptors (Lipinski definition) is 5. The van der Waals surface area contributed by atoms with Crippen molar-refractivity contribution in [2.45, 2.75) is 18.8 Å². The van der Waals surface area contributed by atoms with Crippen LogP contribution in [-0.2, 0) is 0 Å². The van der Waals surface area contributed by atoms with Crippen molar-refractivity contribution in [1.82, 2.24) is 4.90 Å². The second-order valence-corrected chi connectivity index (χ2v) is 6.98. The summed E-state index contributed by atoms with van der Waals surface area (Å²) < 4.78 is 16.0. The molecule has 2 aromatic rings. The van der Waals surface area contributed by atoms with Gasteiger partial charge in [0.1, 0.15) is 0 Å². The Labute approximate surface area is 152 Å². The normalized spacial score (nSPS) is 15.1. The number of methoxy groups -OCH3 is 3. The van der Waals surface area contributed by atoms with E-state index in [0.717, 1.165) is 25.9 Å². The van der Waals surface area contributed by atoms with Crippen molar-refractivity contribution in [2.75, 3.05) is 34.4 Å². The first-order chi connectivity index (χ1) is 12.2. The molecule has 0 bridgehead atoms. The fourth-order valence-electron chi connectivity index (χ4n) is 3.28. The van der Waals surface area contributed by atoms with Crippen LogP contribution < -0.4 is 14.2 Å². The molecule has 134 valence electrons. The van der Waals surface area contributed by atoms with E-state index in [4.69, 9.17) is 14.2 Å². The summed E-state index contributed by atoms with van der Waals surface area (Å²) in [4.78, 5) is 16.2. The third-order valence-corrected chi connectivity index (χ3v) is 5.67. The van der Waals surface area contributed by atoms with Crippen LogP contribution in [0.3, 0.4) is 0 Å². The predicted octanol–water partition coefficient (Wildman–Crippen LogP) is 3.79. The molecule has 1 saturated heterocycles. The maximum Gasteiger partial charge on any atom is 0.254 e. The molecule has 1 aromatic carbocycles. The van der Waals surface area contributed by atoms with Crippen molar-refractivity contribution in [3.63, 3.8) is 0 Å². The van der Waals surface area contributed by atoms with Gasteiger partial charge in [-0.2, -0.15) is 0 Å². The van der Waals surface area contributed by atoms with Crippen LogP contribution in [0.2, 0.25) is 0 Å². The molecule has 0 atom stereocenters. The Kier molecular flexibility index (Phi) is 5.48. The molecule has 0 spiro atoms. The Bertz CT molecular complexity index is 696. The number of carbonyl (C=O) groups excluding carboxylic acids is 1. The monoisotopic (exact) mass is 361 g/mol. The second kappa shape index (κ2) is 7.78. The Balaban J connectivity index is 1.75. The van der Waals surface area contributed by atoms with Gasteiger partial charge in [-0.15, -0.1) is 11.3 Å². The molecule has 1 aromatic heterocycles. The van der Waals surface area contributed by atoms with Gasteiger partial charge in [0.05, 0.1) is 21.3 Å². The number of amides is 1. The number of benzene rings is 1. The molecule has 1 amide bonds. The SMILES string of the molecule is COc1cc(C(=O)N2CCC(c3cccs3)CC2)cc(OC)c1OC. The van der Waals surface area contributed by atoms with E-state index < -0.39 is 0 Å². The van der Waals surface area contributed by atoms with E-state index in [0.29, 0.717) is 28.7 Å². The highest BCUT2D eigenvalue weighted by atomic mass is 32.1. The van der Waals surface area contributed by atoms with Crippen molar-refractivity contribution in [3.05, 3.63) is 40.1 Å². The molecule has 6 heteroatoms. The quantitative estimate of drug-likeness (QED) is 0.813. The molecular formula is C19H23NO4S. The van der Waals surface area contributed by atoms with Crippen LogP contribution in [0.5, 0.6) is 17.2 Å². The fraction of sp³-hybridized carbons (Fsp3) is 0.421. The summed E-state index contributed by atoms with van der Waals surface area (Å²) >= 11 is 1.80. The average Bonchev–Trinajstić information content (AvgIpc) is 3.21. The van der Waals surface area contributed by atoms with Crippen molar-refractivity contribution >= 4 is 17.2 Å². The molecule has 1 aliphatic rings. The summed E-state index contributed by atoms with van der Waals surface area (Å²) in [5.74, 6) is 2.06. The molecule has 25 heavy (non-hydrogen) atoms. The van der Waals surface area contributed by atoms with Crippen molar-refractivity contribution in [1.29, 1.82) is 0 Å². The van der Waals surface area contributed by atoms with Gasteiger partial charge in [-0.3, -0.25) is 4.79 Å². The summed E-state index contributed by atoms with van der Waals surface area (Å²) in [6, 6.07) is 7.71. The molecule has 0 aliphatic carbocycles. The van der Waals surface area contributed by atoms with Gasteiger partial charge < -0.3 is 19.1 Å². The number of ether oxygens (including phenoxy) is 3. The van der Waals surface area contributed by atoms with Gasteiger partial charge in [0, 0.05) is 23.5 Å². The Morgan fingerprint density at radius 1 is 1.08 bits per heavy atom. The highest BCUT2D eigenvalue weighted by molar-refractivity contribution is 7.10. The van der Waals surface area contributed by atoms with E-state index in [-0.39, 0.29) is 5.91 Å². The van der Waals surface area contributed by atoms with Crippen molar-refractivity contribution < 1.29 is 19.0 Å². The number of rotatable bonds is 5. The van der Waals surface area contributed by atoms with Crippen molar-refractivity contribution in [3.8, 4) is 17.2 Å². The predicted molar refractivity (Wildman–Crippen MR) is 98.3 cm³/mol. The van der Waals surface area contributed by atoms with E-state index in [2.05, 4.69) is 17.5 Å². The highest BCUT2D eigenvalue weighted by Gasteiger charge is 2.26. The standard InChI is InChI=1S/C19H23NO4S/c1-22-15-11-14(12-16(23-2)18(15)24-3)19(21)20-8-6-13(7-9-20)17-5-4-10-25-17/h4-5,10-13H,6-9H2,1-3H3. The Hall–Kier alpha value is -2.21. The summed E-state index contributed by atoms with van der Waals surface area (Å²) in [5.41, 5.74) is 0.559. The topological polar surface area (TPSA) is 48.0 Å². The lowest BCUT2D eigenvalue weighted by Crippen LogP contribution is -2.37. The second-order valence-electron chi connectivity index (χ2n) is 6.00. The van der Waals surface area contributed by atoms with Gasteiger partial charge in [-0.1, -0.05) is 6.07 Å². The maximum absolute atomic E-state index is 12.9. The van der Waals surface area contributed by atoms with E-state index in [9.17, 15) is 4.79 Å². The number of likely N-dealkylation sites (tertiary alicyclic amines) is 1. The molecular weight excluding hydrogens is 338 g/mol. The smallest absolute Gasteiger partial charge is 0.254 e. The number of nitrogens with zero attached hydrogens (tertiary/aromatic N) is 1. The lowest BCUT2D eigenvalue weighted by molar-refractivity contribution is 0.0713. The van der Waals surface area contributed by atoms with Gasteiger partial charge in [0.25, 0.3) is 5.91 Å². The van der Waals surface area contributed by atoms with Crippen LogP contribution in [0.1, 0.15) is 34.0 Å². The first-order valence-corrected chi connectivity index (χ1v) is 9.18. The summed E-state index contributed by atoms with van der Waals surface area (Å²) in [6.07, 6.45) is 1.99. The number of carbonyl (C=O) groups is 1. The van der Waals surface area contributed by atoms with Crippen LogP contribution in [0.15, 0.2) is 29.6 Å². The summed E-state index contributed by atoms with van der Waals surface area (Å²) in [7, 11) is 4.66. The zero-order chi connectivity index (χ0) is 17.8. The van der Waals surface area contributed by atoms with Crippen LogP contribution in [-0.4, -0.2) is 45.2 Å². The molecule has 1 fully saturated rings.